The first-order chi connectivity index (χ1) is 11.4. The maximum atomic E-state index is 13.0. The van der Waals surface area contributed by atoms with E-state index in [4.69, 9.17) is 5.11 Å². The molecule has 0 aliphatic carbocycles. The van der Waals surface area contributed by atoms with Crippen LogP contribution in [0.3, 0.4) is 0 Å². The van der Waals surface area contributed by atoms with Crippen LogP contribution in [0, 0.1) is 11.7 Å². The maximum Gasteiger partial charge on any atom is 0.307 e. The fraction of sp³-hybridized carbons (Fsp3) is 0.312. The van der Waals surface area contributed by atoms with Gasteiger partial charge in [-0.05, 0) is 42.7 Å². The van der Waals surface area contributed by atoms with Crippen LogP contribution in [0.5, 0.6) is 0 Å². The van der Waals surface area contributed by atoms with Crippen molar-refractivity contribution in [3.8, 4) is 10.4 Å². The Labute approximate surface area is 143 Å². The third-order valence-electron chi connectivity index (χ3n) is 4.04. The maximum absolute atomic E-state index is 13.0. The lowest BCUT2D eigenvalue weighted by Crippen LogP contribution is -2.41. The molecule has 8 heteroatoms. The van der Waals surface area contributed by atoms with Gasteiger partial charge in [-0.3, -0.25) is 4.79 Å². The second-order valence-electron chi connectivity index (χ2n) is 5.67. The zero-order valence-electron chi connectivity index (χ0n) is 12.7. The number of aliphatic carboxylic acids is 1. The number of carbonyl (C=O) groups is 1. The smallest absolute Gasteiger partial charge is 0.307 e. The summed E-state index contributed by atoms with van der Waals surface area (Å²) in [6.07, 6.45) is 1.03. The summed E-state index contributed by atoms with van der Waals surface area (Å²) in [4.78, 5) is 11.9. The Morgan fingerprint density at radius 3 is 2.58 bits per heavy atom. The first kappa shape index (κ1) is 17.1. The van der Waals surface area contributed by atoms with Gasteiger partial charge in [-0.1, -0.05) is 12.1 Å². The van der Waals surface area contributed by atoms with Gasteiger partial charge in [-0.25, -0.2) is 12.8 Å². The first-order valence-corrected chi connectivity index (χ1v) is 9.72. The molecule has 2 aromatic rings. The molecule has 1 N–H and O–H groups in total. The highest BCUT2D eigenvalue weighted by Gasteiger charge is 2.34. The van der Waals surface area contributed by atoms with Crippen LogP contribution < -0.4 is 0 Å². The van der Waals surface area contributed by atoms with Crippen LogP contribution in [0.4, 0.5) is 4.39 Å². The van der Waals surface area contributed by atoms with Crippen molar-refractivity contribution in [1.29, 1.82) is 0 Å². The molecule has 1 aromatic heterocycles. The Kier molecular flexibility index (Phi) is 4.71. The zero-order chi connectivity index (χ0) is 17.3. The molecular weight excluding hydrogens is 353 g/mol. The number of hydrogen-bond acceptors (Lipinski definition) is 4. The Morgan fingerprint density at radius 2 is 1.92 bits per heavy atom. The molecule has 3 rings (SSSR count). The van der Waals surface area contributed by atoms with Gasteiger partial charge in [0.1, 0.15) is 10.0 Å². The van der Waals surface area contributed by atoms with Crippen molar-refractivity contribution in [3.63, 3.8) is 0 Å². The Bertz CT molecular complexity index is 845. The lowest BCUT2D eigenvalue weighted by molar-refractivity contribution is -0.142. The summed E-state index contributed by atoms with van der Waals surface area (Å²) in [7, 11) is -3.71. The Morgan fingerprint density at radius 1 is 1.21 bits per heavy atom. The SMILES string of the molecule is O=C(O)C1CCCN(S(=O)(=O)c2ccc(-c3ccc(F)cc3)s2)C1. The highest BCUT2D eigenvalue weighted by atomic mass is 32.2. The number of benzene rings is 1. The van der Waals surface area contributed by atoms with Crippen molar-refractivity contribution >= 4 is 27.3 Å². The summed E-state index contributed by atoms with van der Waals surface area (Å²) in [5.41, 5.74) is 0.741. The number of thiophene rings is 1. The lowest BCUT2D eigenvalue weighted by Gasteiger charge is -2.29. The summed E-state index contributed by atoms with van der Waals surface area (Å²) in [5.74, 6) is -1.98. The minimum Gasteiger partial charge on any atom is -0.481 e. The second-order valence-corrected chi connectivity index (χ2v) is 8.91. The van der Waals surface area contributed by atoms with E-state index < -0.39 is 21.9 Å². The van der Waals surface area contributed by atoms with Crippen LogP contribution in [0.25, 0.3) is 10.4 Å². The molecule has 1 unspecified atom stereocenters. The van der Waals surface area contributed by atoms with Crippen LogP contribution in [-0.4, -0.2) is 36.9 Å². The van der Waals surface area contributed by atoms with E-state index in [9.17, 15) is 17.6 Å². The molecule has 1 aromatic carbocycles. The average Bonchev–Trinajstić information content (AvgIpc) is 3.06. The molecule has 0 bridgehead atoms. The van der Waals surface area contributed by atoms with Gasteiger partial charge in [-0.2, -0.15) is 4.31 Å². The number of carboxylic acid groups (broad SMARTS) is 1. The molecule has 0 radical (unpaired) electrons. The minimum atomic E-state index is -3.71. The number of piperidine rings is 1. The molecule has 5 nitrogen and oxygen atoms in total. The minimum absolute atomic E-state index is 0.00144. The van der Waals surface area contributed by atoms with Gasteiger partial charge in [0, 0.05) is 18.0 Å². The molecule has 0 saturated carbocycles. The fourth-order valence-corrected chi connectivity index (χ4v) is 5.71. The van der Waals surface area contributed by atoms with Gasteiger partial charge in [0.25, 0.3) is 10.0 Å². The van der Waals surface area contributed by atoms with Crippen LogP contribution in [0.15, 0.2) is 40.6 Å². The normalized spacial score (nSPS) is 19.3. The van der Waals surface area contributed by atoms with Gasteiger partial charge in [0.15, 0.2) is 0 Å². The average molecular weight is 369 g/mol. The second kappa shape index (κ2) is 6.62. The standard InChI is InChI=1S/C16H16FNO4S2/c17-13-5-3-11(4-6-13)14-7-8-15(23-14)24(21,22)18-9-1-2-12(10-18)16(19)20/h3-8,12H,1-2,9-10H2,(H,19,20). The molecule has 128 valence electrons. The number of nitrogens with zero attached hydrogens (tertiary/aromatic N) is 1. The van der Waals surface area contributed by atoms with Gasteiger partial charge >= 0.3 is 5.97 Å². The van der Waals surface area contributed by atoms with Gasteiger partial charge < -0.3 is 5.11 Å². The Hall–Kier alpha value is -1.77. The summed E-state index contributed by atoms with van der Waals surface area (Å²) >= 11 is 1.10. The van der Waals surface area contributed by atoms with Crippen molar-refractivity contribution in [2.75, 3.05) is 13.1 Å². The van der Waals surface area contributed by atoms with Crippen molar-refractivity contribution in [3.05, 3.63) is 42.2 Å². The summed E-state index contributed by atoms with van der Waals surface area (Å²) < 4.78 is 39.9. The molecule has 1 saturated heterocycles. The highest BCUT2D eigenvalue weighted by molar-refractivity contribution is 7.91. The molecule has 1 atom stereocenters. The third kappa shape index (κ3) is 3.35. The predicted molar refractivity (Wildman–Crippen MR) is 88.8 cm³/mol. The molecular formula is C16H16FNO4S2. The molecule has 2 heterocycles. The van der Waals surface area contributed by atoms with Gasteiger partial charge in [0.2, 0.25) is 0 Å². The van der Waals surface area contributed by atoms with E-state index in [2.05, 4.69) is 0 Å². The number of halogens is 1. The van der Waals surface area contributed by atoms with Crippen molar-refractivity contribution in [2.24, 2.45) is 5.92 Å². The van der Waals surface area contributed by atoms with Crippen molar-refractivity contribution in [1.82, 2.24) is 4.31 Å². The first-order valence-electron chi connectivity index (χ1n) is 7.46. The summed E-state index contributed by atoms with van der Waals surface area (Å²) in [5, 5.41) is 9.12. The van der Waals surface area contributed by atoms with Crippen LogP contribution in [0.2, 0.25) is 0 Å². The number of carboxylic acids is 1. The van der Waals surface area contributed by atoms with Crippen LogP contribution in [0.1, 0.15) is 12.8 Å². The number of hydrogen-bond donors (Lipinski definition) is 1. The topological polar surface area (TPSA) is 74.7 Å². The predicted octanol–water partition coefficient (Wildman–Crippen LogP) is 3.04. The molecule has 0 amide bonds. The van der Waals surface area contributed by atoms with Gasteiger partial charge in [0.05, 0.1) is 5.92 Å². The number of sulfonamides is 1. The largest absolute Gasteiger partial charge is 0.481 e. The van der Waals surface area contributed by atoms with E-state index in [-0.39, 0.29) is 16.6 Å². The van der Waals surface area contributed by atoms with Crippen molar-refractivity contribution in [2.45, 2.75) is 17.1 Å². The summed E-state index contributed by atoms with van der Waals surface area (Å²) in [6, 6.07) is 9.04. The number of rotatable bonds is 4. The molecule has 24 heavy (non-hydrogen) atoms. The van der Waals surface area contributed by atoms with E-state index in [0.717, 1.165) is 21.8 Å². The zero-order valence-corrected chi connectivity index (χ0v) is 14.3. The fourth-order valence-electron chi connectivity index (χ4n) is 2.72. The van der Waals surface area contributed by atoms with E-state index in [1.165, 1.54) is 22.5 Å². The van der Waals surface area contributed by atoms with E-state index in [0.29, 0.717) is 19.4 Å². The molecule has 0 spiro atoms. The Balaban J connectivity index is 1.85. The quantitative estimate of drug-likeness (QED) is 0.899. The highest BCUT2D eigenvalue weighted by Crippen LogP contribution is 2.33. The van der Waals surface area contributed by atoms with Crippen LogP contribution in [-0.2, 0) is 14.8 Å². The van der Waals surface area contributed by atoms with Crippen molar-refractivity contribution < 1.29 is 22.7 Å². The van der Waals surface area contributed by atoms with Gasteiger partial charge in [-0.15, -0.1) is 11.3 Å². The van der Waals surface area contributed by atoms with E-state index >= 15 is 0 Å². The molecule has 1 fully saturated rings. The molecule has 1 aliphatic heterocycles. The monoisotopic (exact) mass is 369 g/mol. The van der Waals surface area contributed by atoms with Crippen LogP contribution >= 0.6 is 11.3 Å². The van der Waals surface area contributed by atoms with E-state index in [1.54, 1.807) is 18.2 Å². The lowest BCUT2D eigenvalue weighted by atomic mass is 10.0. The third-order valence-corrected chi connectivity index (χ3v) is 7.50. The van der Waals surface area contributed by atoms with E-state index in [1.807, 2.05) is 0 Å². The summed E-state index contributed by atoms with van der Waals surface area (Å²) in [6.45, 7) is 0.331. The molecule has 1 aliphatic rings.